The van der Waals surface area contributed by atoms with Crippen LogP contribution in [0.3, 0.4) is 0 Å². The molecule has 36 nitrogen and oxygen atoms in total. The van der Waals surface area contributed by atoms with Crippen LogP contribution < -0.4 is 60.0 Å². The number of aromatic amines is 1. The van der Waals surface area contributed by atoms with E-state index in [0.29, 0.717) is 56.8 Å². The number of amides is 6. The van der Waals surface area contributed by atoms with E-state index in [-0.39, 0.29) is 43.6 Å². The summed E-state index contributed by atoms with van der Waals surface area (Å²) in [5.74, 6) is -8.32. The molecule has 0 unspecified atom stereocenters. The minimum atomic E-state index is -1.87. The molecule has 5 fully saturated rings. The minimum absolute atomic E-state index is 0.0519. The molecule has 0 aliphatic carbocycles. The second kappa shape index (κ2) is 38.5. The predicted octanol–water partition coefficient (Wildman–Crippen LogP) is -0.104. The molecule has 108 heavy (non-hydrogen) atoms. The van der Waals surface area contributed by atoms with Crippen molar-refractivity contribution in [2.24, 2.45) is 23.3 Å². The number of nitrogens with zero attached hydrogens (tertiary/aromatic N) is 3. The zero-order valence-corrected chi connectivity index (χ0v) is 61.4. The topological polar surface area (TPSA) is 487 Å². The maximum absolute atomic E-state index is 14.0. The Balaban J connectivity index is 0.000000258. The van der Waals surface area contributed by atoms with Crippen LogP contribution >= 0.6 is 0 Å². The normalized spacial score (nSPS) is 29.9. The number of hydrogen-bond donors (Lipinski definition) is 9. The van der Waals surface area contributed by atoms with Gasteiger partial charge in [-0.15, -0.1) is 0 Å². The number of ether oxygens (including phenoxy) is 12. The quantitative estimate of drug-likeness (QED) is 0.0284. The van der Waals surface area contributed by atoms with Gasteiger partial charge < -0.3 is 109 Å². The Bertz CT molecular complexity index is 3930. The highest BCUT2D eigenvalue weighted by Crippen LogP contribution is 2.42. The summed E-state index contributed by atoms with van der Waals surface area (Å²) in [6, 6.07) is 7.46. The summed E-state index contributed by atoms with van der Waals surface area (Å²) in [6.07, 6.45) is -4.27. The highest BCUT2D eigenvalue weighted by atomic mass is 16.8. The standard InChI is InChI=1S/C42H57N5O14.C30H43N5O12/c1-6-7-8-9-19-56-33-27(21-48)32(58-39(33)46-18-17-31(49)47(41(46)53)23-55-22-25-13-15-26(54-5)16-14-25)35(36(43)50)59-40-34-29(60-42(3,4)61-34)20-30(57-40)38(52)45-28-12-10-11-24(2)44-37(28)51;1-3-4-5-6-12-44-23-16(14-36)22(46-28(23)35-11-10-20(38)34-30(35)43)24(25(31)40)47-29-21(39)18(37)13-19(45-29)27(42)33-17-9-7-8-15(2)32-26(17)41/h13-18,20-21,24,27-29,32-35,39-40H,6-12,19,22-23H2,1-5H3,(H2,43,50)(H,44,51)(H,45,52);10-11,13-18,21-24,28-29,37,39H,3-9,12H2,1-2H3,(H2,31,40)(H,32,41)(H,33,42)(H,34,38,43)/t24-,27-,28+,29+,32+,33-,34+,35-,39-,40-;15-,16-,17+,18+,21+,22+,23-,24-,28-,29-/m11/s1. The number of nitrogens with two attached hydrogens (primary N) is 2. The predicted molar refractivity (Wildman–Crippen MR) is 375 cm³/mol. The van der Waals surface area contributed by atoms with E-state index in [4.69, 9.17) is 68.3 Å². The van der Waals surface area contributed by atoms with Crippen LogP contribution in [0.4, 0.5) is 0 Å². The van der Waals surface area contributed by atoms with Gasteiger partial charge in [0, 0.05) is 49.8 Å². The first-order valence-corrected chi connectivity index (χ1v) is 36.6. The third kappa shape index (κ3) is 20.9. The van der Waals surface area contributed by atoms with E-state index in [2.05, 4.69) is 33.2 Å². The third-order valence-electron chi connectivity index (χ3n) is 19.4. The van der Waals surface area contributed by atoms with Crippen LogP contribution in [0.25, 0.3) is 0 Å². The number of rotatable bonds is 33. The first kappa shape index (κ1) is 83.2. The zero-order valence-electron chi connectivity index (χ0n) is 61.4. The minimum Gasteiger partial charge on any atom is -0.497 e. The number of carbonyl (C=O) groups is 8. The van der Waals surface area contributed by atoms with Crippen LogP contribution in [0, 0.1) is 11.8 Å². The van der Waals surface area contributed by atoms with E-state index in [1.54, 1.807) is 45.2 Å². The molecule has 0 bridgehead atoms. The van der Waals surface area contributed by atoms with Gasteiger partial charge >= 0.3 is 11.4 Å². The SMILES string of the molecule is CCCCCCO[C@@H]1[C@H](C=O)[C@@H]([C@@H](O[C@H]2OC(C(=O)N[C@H]3CCC[C@@H](C)NC3=O)=C[C@@H]3OC(C)(C)O[C@H]23)C(N)=O)O[C@H]1n1ccc(=O)n(COCc2ccc(OC)cc2)c1=O.CCCCCCO[C@@H]1[C@H](C=O)[C@@H]([C@@H](O[C@H]2OC(C(=O)N[C@H]3CCC[C@@H](C)NC3=O)=C[C@H](O)[C@@H]2O)C(N)=O)O[C@H]1n1ccc(=O)[nH]c1=O. The van der Waals surface area contributed by atoms with Crippen LogP contribution in [-0.2, 0) is 104 Å². The van der Waals surface area contributed by atoms with Gasteiger partial charge in [0.15, 0.2) is 48.1 Å². The Labute approximate surface area is 621 Å². The second-order valence-corrected chi connectivity index (χ2v) is 28.0. The lowest BCUT2D eigenvalue weighted by atomic mass is 9.95. The van der Waals surface area contributed by atoms with Crippen molar-refractivity contribution in [1.29, 1.82) is 0 Å². The molecule has 594 valence electrons. The molecule has 3 aromatic rings. The fourth-order valence-electron chi connectivity index (χ4n) is 13.7. The van der Waals surface area contributed by atoms with Crippen LogP contribution in [0.15, 0.2) is 91.6 Å². The summed E-state index contributed by atoms with van der Waals surface area (Å²) in [5, 5.41) is 32.1. The number of aliphatic hydroxyl groups is 2. The van der Waals surface area contributed by atoms with Gasteiger partial charge in [0.05, 0.1) is 25.6 Å². The fourth-order valence-corrected chi connectivity index (χ4v) is 13.7. The Kier molecular flexibility index (Phi) is 29.7. The molecule has 20 atom stereocenters. The average Bonchev–Trinajstić information content (AvgIpc) is 1.61. The van der Waals surface area contributed by atoms with E-state index in [9.17, 15) is 67.7 Å². The van der Waals surface area contributed by atoms with Crippen LogP contribution in [0.1, 0.15) is 149 Å². The summed E-state index contributed by atoms with van der Waals surface area (Å²) >= 11 is 0. The van der Waals surface area contributed by atoms with Crippen molar-refractivity contribution in [2.75, 3.05) is 20.3 Å². The van der Waals surface area contributed by atoms with E-state index >= 15 is 0 Å². The lowest BCUT2D eigenvalue weighted by Gasteiger charge is -2.35. The van der Waals surface area contributed by atoms with E-state index in [1.807, 2.05) is 20.8 Å². The number of fused-ring (bicyclic) bond motifs is 1. The molecule has 9 heterocycles. The first-order chi connectivity index (χ1) is 51.7. The molecule has 36 heteroatoms. The highest BCUT2D eigenvalue weighted by molar-refractivity contribution is 5.96. The van der Waals surface area contributed by atoms with Gasteiger partial charge in [-0.1, -0.05) is 64.5 Å². The molecule has 2 aromatic heterocycles. The maximum Gasteiger partial charge on any atom is 0.335 e. The van der Waals surface area contributed by atoms with Gasteiger partial charge in [0.2, 0.25) is 36.2 Å². The monoisotopic (exact) mass is 1520 g/mol. The number of aromatic nitrogens is 4. The molecule has 7 aliphatic rings. The maximum atomic E-state index is 14.0. The van der Waals surface area contributed by atoms with Crippen molar-refractivity contribution >= 4 is 48.0 Å². The van der Waals surface area contributed by atoms with Crippen LogP contribution in [-0.4, -0.2) is 201 Å². The molecule has 6 amide bonds. The lowest BCUT2D eigenvalue weighted by Crippen LogP contribution is -2.53. The summed E-state index contributed by atoms with van der Waals surface area (Å²) in [7, 11) is 1.55. The molecule has 5 saturated heterocycles. The Morgan fingerprint density at radius 2 is 1.19 bits per heavy atom. The number of methoxy groups -OCH3 is 1. The Morgan fingerprint density at radius 3 is 1.71 bits per heavy atom. The molecular weight excluding hydrogens is 1420 g/mol. The number of aliphatic hydroxyl groups excluding tert-OH is 2. The molecule has 0 spiro atoms. The van der Waals surface area contributed by atoms with Gasteiger partial charge in [-0.2, -0.15) is 0 Å². The summed E-state index contributed by atoms with van der Waals surface area (Å²) in [5.41, 5.74) is 9.39. The average molecular weight is 1520 g/mol. The van der Waals surface area contributed by atoms with Gasteiger partial charge in [-0.05, 0) is 109 Å². The van der Waals surface area contributed by atoms with Gasteiger partial charge in [-0.3, -0.25) is 52.5 Å². The van der Waals surface area contributed by atoms with E-state index in [0.717, 1.165) is 95.0 Å². The van der Waals surface area contributed by atoms with Crippen molar-refractivity contribution in [3.63, 3.8) is 0 Å². The lowest BCUT2D eigenvalue weighted by molar-refractivity contribution is -0.238. The number of hydrogen-bond acceptors (Lipinski definition) is 26. The molecule has 11 N–H and O–H groups in total. The molecule has 0 saturated carbocycles. The number of primary amides is 2. The fraction of sp³-hybridized carbons (Fsp3) is 0.639. The molecular formula is C72H100N10O26. The molecule has 10 rings (SSSR count). The van der Waals surface area contributed by atoms with Gasteiger partial charge in [0.1, 0.15) is 79.9 Å². The molecule has 7 aliphatic heterocycles. The van der Waals surface area contributed by atoms with Crippen molar-refractivity contribution in [1.82, 2.24) is 40.0 Å². The summed E-state index contributed by atoms with van der Waals surface area (Å²) in [6.45, 7) is 11.1. The van der Waals surface area contributed by atoms with Gasteiger partial charge in [-0.25, -0.2) is 14.2 Å². The van der Waals surface area contributed by atoms with Crippen molar-refractivity contribution < 1.29 is 105 Å². The molecule has 0 radical (unpaired) electrons. The van der Waals surface area contributed by atoms with Crippen molar-refractivity contribution in [3.8, 4) is 5.75 Å². The number of nitrogens with one attached hydrogen (secondary N) is 5. The largest absolute Gasteiger partial charge is 0.497 e. The van der Waals surface area contributed by atoms with Crippen molar-refractivity contribution in [2.45, 2.75) is 261 Å². The number of aldehydes is 2. The van der Waals surface area contributed by atoms with Crippen LogP contribution in [0.5, 0.6) is 5.75 Å². The third-order valence-corrected chi connectivity index (χ3v) is 19.4. The zero-order chi connectivity index (χ0) is 78.1. The van der Waals surface area contributed by atoms with E-state index < -0.39 is 180 Å². The second-order valence-electron chi connectivity index (χ2n) is 28.0. The number of H-pyrrole nitrogens is 1. The number of benzene rings is 1. The van der Waals surface area contributed by atoms with Gasteiger partial charge in [0.25, 0.3) is 22.9 Å². The number of unbranched alkanes of at least 4 members (excludes halogenated alkanes) is 6. The molecule has 1 aromatic carbocycles. The first-order valence-electron chi connectivity index (χ1n) is 36.6. The summed E-state index contributed by atoms with van der Waals surface area (Å²) < 4.78 is 74.3. The highest BCUT2D eigenvalue weighted by Gasteiger charge is 2.57. The smallest absolute Gasteiger partial charge is 0.335 e. The Hall–Kier alpha value is -8.82. The van der Waals surface area contributed by atoms with E-state index in [1.165, 1.54) is 12.3 Å². The number of carbonyl (C=O) groups excluding carboxylic acids is 8. The Morgan fingerprint density at radius 1 is 0.676 bits per heavy atom. The van der Waals surface area contributed by atoms with Crippen LogP contribution in [0.2, 0.25) is 0 Å². The van der Waals surface area contributed by atoms with Crippen molar-refractivity contribution in [3.05, 3.63) is 120 Å². The summed E-state index contributed by atoms with van der Waals surface area (Å²) in [4.78, 5) is 157.